The second-order valence-electron chi connectivity index (χ2n) is 12.2. The van der Waals surface area contributed by atoms with Gasteiger partial charge in [0.05, 0.1) is 22.6 Å². The maximum Gasteiger partial charge on any atom is 0.198 e. The number of fused-ring (bicyclic) bond motifs is 12. The van der Waals surface area contributed by atoms with Gasteiger partial charge in [0.1, 0.15) is 0 Å². The van der Waals surface area contributed by atoms with E-state index < -0.39 is 0 Å². The number of hydrogen-bond donors (Lipinski definition) is 1. The van der Waals surface area contributed by atoms with Gasteiger partial charge in [-0.05, 0) is 64.3 Å². The van der Waals surface area contributed by atoms with E-state index in [1.165, 1.54) is 80.5 Å². The largest absolute Gasteiger partial charge is 0.453 e. The Labute approximate surface area is 263 Å². The lowest BCUT2D eigenvalue weighted by molar-refractivity contribution is 0.477. The quantitative estimate of drug-likeness (QED) is 0.193. The summed E-state index contributed by atoms with van der Waals surface area (Å²) in [7, 11) is 0.830. The van der Waals surface area contributed by atoms with Crippen molar-refractivity contribution in [3.8, 4) is 22.6 Å². The zero-order valence-corrected chi connectivity index (χ0v) is 24.9. The number of benzene rings is 7. The number of nitrogens with one attached hydrogen (secondary N) is 1. The molecule has 0 spiro atoms. The van der Waals surface area contributed by atoms with Gasteiger partial charge in [-0.15, -0.1) is 11.3 Å². The molecule has 11 rings (SSSR count). The summed E-state index contributed by atoms with van der Waals surface area (Å²) in [6.45, 7) is 0. The average molecular weight is 591 g/mol. The van der Waals surface area contributed by atoms with Crippen LogP contribution in [0.2, 0.25) is 0 Å². The zero-order valence-electron chi connectivity index (χ0n) is 24.1. The number of ether oxygens (including phenoxy) is 1. The molecule has 0 atom stereocenters. The molecule has 0 amide bonds. The van der Waals surface area contributed by atoms with Crippen molar-refractivity contribution in [1.82, 2.24) is 4.98 Å². The van der Waals surface area contributed by atoms with Gasteiger partial charge in [0.25, 0.3) is 0 Å². The summed E-state index contributed by atoms with van der Waals surface area (Å²) >= 11 is 1.88. The first-order valence-electron chi connectivity index (χ1n) is 15.4. The molecular formula is C40H23BN2OS. The summed E-state index contributed by atoms with van der Waals surface area (Å²) in [4.78, 5) is 6.36. The smallest absolute Gasteiger partial charge is 0.198 e. The van der Waals surface area contributed by atoms with Crippen molar-refractivity contribution in [2.45, 2.75) is 0 Å². The molecule has 5 heteroatoms. The molecule has 0 saturated heterocycles. The maximum atomic E-state index is 6.52. The summed E-state index contributed by atoms with van der Waals surface area (Å²) in [6.07, 6.45) is 0. The van der Waals surface area contributed by atoms with E-state index in [1.807, 2.05) is 11.3 Å². The van der Waals surface area contributed by atoms with Gasteiger partial charge in [0.2, 0.25) is 0 Å². The predicted molar refractivity (Wildman–Crippen MR) is 193 cm³/mol. The lowest BCUT2D eigenvalue weighted by Gasteiger charge is -2.39. The Hall–Kier alpha value is -5.52. The van der Waals surface area contributed by atoms with Crippen molar-refractivity contribution in [2.75, 3.05) is 4.90 Å². The molecule has 4 heterocycles. The third-order valence-electron chi connectivity index (χ3n) is 9.76. The van der Waals surface area contributed by atoms with Crippen LogP contribution in [-0.4, -0.2) is 12.3 Å². The van der Waals surface area contributed by atoms with Crippen molar-refractivity contribution in [2.24, 2.45) is 0 Å². The van der Waals surface area contributed by atoms with Crippen LogP contribution in [0.25, 0.3) is 63.9 Å². The highest BCUT2D eigenvalue weighted by atomic mass is 32.1. The van der Waals surface area contributed by atoms with Crippen LogP contribution in [0.5, 0.6) is 11.5 Å². The van der Waals surface area contributed by atoms with Gasteiger partial charge in [0, 0.05) is 42.0 Å². The number of H-pyrrole nitrogens is 1. The molecule has 7 aromatic carbocycles. The molecule has 2 aromatic heterocycles. The molecule has 0 radical (unpaired) electrons. The van der Waals surface area contributed by atoms with Crippen molar-refractivity contribution in [1.29, 1.82) is 0 Å². The van der Waals surface area contributed by atoms with E-state index in [1.54, 1.807) is 0 Å². The second kappa shape index (κ2) is 8.56. The Morgan fingerprint density at radius 3 is 2.33 bits per heavy atom. The summed E-state index contributed by atoms with van der Waals surface area (Å²) in [5, 5.41) is 7.66. The lowest BCUT2D eigenvalue weighted by Crippen LogP contribution is -2.42. The van der Waals surface area contributed by atoms with Gasteiger partial charge in [0.15, 0.2) is 18.8 Å². The summed E-state index contributed by atoms with van der Waals surface area (Å²) in [5.74, 6) is 1.80. The minimum Gasteiger partial charge on any atom is -0.453 e. The number of aromatic amines is 1. The molecule has 3 nitrogen and oxygen atoms in total. The van der Waals surface area contributed by atoms with Crippen LogP contribution < -0.4 is 20.6 Å². The number of nitrogens with zero attached hydrogens (tertiary/aromatic N) is 1. The standard InChI is InChI=1S/C40H23BN2OS/c1-2-10-23-20-30-27(19-22(23)9-1)24-12-7-13-25(38(24)42-30)28-21-35-36(26-11-3-6-18-34(26)45-35)40-37(28)41-29-14-8-17-33-39(29)43(40)31-15-4-5-16-32(31)44-33/h1-21,41-42H. The Kier molecular flexibility index (Phi) is 4.54. The molecule has 9 aromatic rings. The minimum atomic E-state index is 0.830. The number of hydrogen-bond acceptors (Lipinski definition) is 3. The fourth-order valence-electron chi connectivity index (χ4n) is 7.85. The number of anilines is 3. The topological polar surface area (TPSA) is 28.3 Å². The first kappa shape index (κ1) is 23.9. The molecule has 0 unspecified atom stereocenters. The molecule has 2 aliphatic heterocycles. The fourth-order valence-corrected chi connectivity index (χ4v) is 9.00. The molecular weight excluding hydrogens is 567 g/mol. The average Bonchev–Trinajstić information content (AvgIpc) is 3.64. The van der Waals surface area contributed by atoms with E-state index >= 15 is 0 Å². The number of para-hydroxylation sites is 4. The van der Waals surface area contributed by atoms with E-state index in [-0.39, 0.29) is 0 Å². The zero-order chi connectivity index (χ0) is 29.2. The van der Waals surface area contributed by atoms with Crippen LogP contribution in [0.3, 0.4) is 0 Å². The Balaban J connectivity index is 1.29. The highest BCUT2D eigenvalue weighted by Crippen LogP contribution is 2.54. The van der Waals surface area contributed by atoms with E-state index in [2.05, 4.69) is 137 Å². The molecule has 2 aliphatic rings. The highest BCUT2D eigenvalue weighted by Gasteiger charge is 2.36. The first-order chi connectivity index (χ1) is 22.3. The van der Waals surface area contributed by atoms with Crippen molar-refractivity contribution in [3.05, 3.63) is 127 Å². The molecule has 0 fully saturated rings. The monoisotopic (exact) mass is 590 g/mol. The van der Waals surface area contributed by atoms with Gasteiger partial charge in [-0.1, -0.05) is 90.4 Å². The van der Waals surface area contributed by atoms with Crippen molar-refractivity contribution in [3.63, 3.8) is 0 Å². The van der Waals surface area contributed by atoms with Crippen LogP contribution in [0.4, 0.5) is 17.1 Å². The molecule has 208 valence electrons. The second-order valence-corrected chi connectivity index (χ2v) is 13.3. The summed E-state index contributed by atoms with van der Waals surface area (Å²) in [5.41, 5.74) is 11.0. The Bertz CT molecular complexity index is 2740. The van der Waals surface area contributed by atoms with E-state index in [4.69, 9.17) is 4.74 Å². The fraction of sp³-hybridized carbons (Fsp3) is 0. The van der Waals surface area contributed by atoms with Crippen LogP contribution in [0, 0.1) is 0 Å². The van der Waals surface area contributed by atoms with Crippen LogP contribution in [0.15, 0.2) is 127 Å². The SMILES string of the molecule is B1c2cccc3c2N(c2ccccc2O3)c2c1c(-c1cccc3c1[nH]c1cc4ccccc4cc13)cc1sc3ccccc3c21. The number of thiophene rings is 1. The van der Waals surface area contributed by atoms with Gasteiger partial charge in [-0.2, -0.15) is 0 Å². The molecule has 0 aliphatic carbocycles. The minimum absolute atomic E-state index is 0.830. The normalized spacial score (nSPS) is 13.2. The first-order valence-corrected chi connectivity index (χ1v) is 16.2. The van der Waals surface area contributed by atoms with Gasteiger partial charge >= 0.3 is 0 Å². The Morgan fingerprint density at radius 1 is 0.600 bits per heavy atom. The third kappa shape index (κ3) is 3.15. The highest BCUT2D eigenvalue weighted by molar-refractivity contribution is 7.26. The number of rotatable bonds is 1. The maximum absolute atomic E-state index is 6.52. The van der Waals surface area contributed by atoms with Crippen LogP contribution >= 0.6 is 11.3 Å². The molecule has 0 saturated carbocycles. The van der Waals surface area contributed by atoms with Crippen LogP contribution in [-0.2, 0) is 0 Å². The molecule has 0 bridgehead atoms. The predicted octanol–water partition coefficient (Wildman–Crippen LogP) is 9.79. The van der Waals surface area contributed by atoms with Gasteiger partial charge in [-0.25, -0.2) is 0 Å². The van der Waals surface area contributed by atoms with Crippen LogP contribution in [0.1, 0.15) is 0 Å². The Morgan fingerprint density at radius 2 is 1.38 bits per heavy atom. The van der Waals surface area contributed by atoms with Gasteiger partial charge < -0.3 is 14.6 Å². The third-order valence-corrected chi connectivity index (χ3v) is 10.9. The summed E-state index contributed by atoms with van der Waals surface area (Å²) in [6, 6.07) is 46.3. The lowest BCUT2D eigenvalue weighted by atomic mass is 9.57. The number of aromatic nitrogens is 1. The molecule has 45 heavy (non-hydrogen) atoms. The van der Waals surface area contributed by atoms with E-state index in [0.717, 1.165) is 30.2 Å². The summed E-state index contributed by atoms with van der Waals surface area (Å²) < 4.78 is 9.12. The van der Waals surface area contributed by atoms with E-state index in [0.29, 0.717) is 0 Å². The van der Waals surface area contributed by atoms with E-state index in [9.17, 15) is 0 Å². The van der Waals surface area contributed by atoms with Gasteiger partial charge in [-0.3, -0.25) is 0 Å². The van der Waals surface area contributed by atoms with Crippen molar-refractivity contribution >= 4 is 99.4 Å². The van der Waals surface area contributed by atoms with Crippen molar-refractivity contribution < 1.29 is 4.74 Å². The molecule has 1 N–H and O–H groups in total.